The summed E-state index contributed by atoms with van der Waals surface area (Å²) in [5, 5.41) is 7.27. The molecule has 1 aromatic carbocycles. The molecule has 0 saturated carbocycles. The van der Waals surface area contributed by atoms with Gasteiger partial charge in [-0.1, -0.05) is 30.3 Å². The maximum Gasteiger partial charge on any atom is 0.292 e. The molecule has 1 heterocycles. The van der Waals surface area contributed by atoms with Crippen LogP contribution in [-0.4, -0.2) is 16.8 Å². The molecule has 0 aliphatic rings. The first-order valence-corrected chi connectivity index (χ1v) is 6.56. The van der Waals surface area contributed by atoms with Gasteiger partial charge in [-0.15, -0.1) is 0 Å². The first-order chi connectivity index (χ1) is 9.45. The molecule has 0 aliphatic carbocycles. The SMILES string of the molecule is CNCc1c(C)nn(CC(F)(F)c2ccccc2)c1C. The maximum absolute atomic E-state index is 14.3. The molecule has 0 saturated heterocycles. The molecule has 0 aliphatic heterocycles. The number of halogens is 2. The van der Waals surface area contributed by atoms with E-state index in [2.05, 4.69) is 10.4 Å². The van der Waals surface area contributed by atoms with Crippen molar-refractivity contribution in [2.45, 2.75) is 32.9 Å². The molecule has 3 nitrogen and oxygen atoms in total. The zero-order valence-electron chi connectivity index (χ0n) is 12.0. The topological polar surface area (TPSA) is 29.9 Å². The van der Waals surface area contributed by atoms with Gasteiger partial charge >= 0.3 is 0 Å². The highest BCUT2D eigenvalue weighted by Crippen LogP contribution is 2.30. The minimum absolute atomic E-state index is 0.0164. The van der Waals surface area contributed by atoms with Gasteiger partial charge in [0.25, 0.3) is 5.92 Å². The van der Waals surface area contributed by atoms with Gasteiger partial charge in [-0.25, -0.2) is 0 Å². The van der Waals surface area contributed by atoms with Crippen molar-refractivity contribution in [1.82, 2.24) is 15.1 Å². The van der Waals surface area contributed by atoms with E-state index in [9.17, 15) is 8.78 Å². The molecule has 1 aromatic heterocycles. The predicted octanol–water partition coefficient (Wildman–Crippen LogP) is 3.01. The second kappa shape index (κ2) is 5.71. The highest BCUT2D eigenvalue weighted by Gasteiger charge is 2.33. The highest BCUT2D eigenvalue weighted by atomic mass is 19.3. The largest absolute Gasteiger partial charge is 0.316 e. The van der Waals surface area contributed by atoms with Gasteiger partial charge in [0.15, 0.2) is 0 Å². The van der Waals surface area contributed by atoms with E-state index in [0.717, 1.165) is 17.0 Å². The number of hydrogen-bond acceptors (Lipinski definition) is 2. The molecule has 0 radical (unpaired) electrons. The second-order valence-corrected chi connectivity index (χ2v) is 4.91. The average molecular weight is 279 g/mol. The van der Waals surface area contributed by atoms with Crippen molar-refractivity contribution in [2.75, 3.05) is 7.05 Å². The Morgan fingerprint density at radius 3 is 2.45 bits per heavy atom. The third kappa shape index (κ3) is 2.88. The number of aryl methyl sites for hydroxylation is 1. The van der Waals surface area contributed by atoms with Gasteiger partial charge in [-0.2, -0.15) is 13.9 Å². The van der Waals surface area contributed by atoms with Crippen molar-refractivity contribution in [2.24, 2.45) is 0 Å². The molecule has 0 bridgehead atoms. The van der Waals surface area contributed by atoms with E-state index in [4.69, 9.17) is 0 Å². The fourth-order valence-corrected chi connectivity index (χ4v) is 2.28. The van der Waals surface area contributed by atoms with E-state index in [0.29, 0.717) is 6.54 Å². The van der Waals surface area contributed by atoms with E-state index in [1.807, 2.05) is 20.9 Å². The fraction of sp³-hybridized carbons (Fsp3) is 0.400. The van der Waals surface area contributed by atoms with Crippen LogP contribution in [0.15, 0.2) is 30.3 Å². The van der Waals surface area contributed by atoms with Gasteiger partial charge in [0, 0.05) is 23.4 Å². The van der Waals surface area contributed by atoms with Crippen molar-refractivity contribution >= 4 is 0 Å². The number of benzene rings is 1. The van der Waals surface area contributed by atoms with Gasteiger partial charge in [0.2, 0.25) is 0 Å². The van der Waals surface area contributed by atoms with Crippen molar-refractivity contribution in [3.63, 3.8) is 0 Å². The van der Waals surface area contributed by atoms with E-state index < -0.39 is 12.5 Å². The Balaban J connectivity index is 2.28. The number of nitrogens with zero attached hydrogens (tertiary/aromatic N) is 2. The molecule has 20 heavy (non-hydrogen) atoms. The fourth-order valence-electron chi connectivity index (χ4n) is 2.28. The molecule has 0 fully saturated rings. The van der Waals surface area contributed by atoms with Crippen molar-refractivity contribution in [3.8, 4) is 0 Å². The van der Waals surface area contributed by atoms with Crippen LogP contribution in [0.5, 0.6) is 0 Å². The van der Waals surface area contributed by atoms with Crippen LogP contribution in [0.25, 0.3) is 0 Å². The lowest BCUT2D eigenvalue weighted by Crippen LogP contribution is -2.23. The van der Waals surface area contributed by atoms with Crippen LogP contribution in [0.4, 0.5) is 8.78 Å². The first kappa shape index (κ1) is 14.7. The van der Waals surface area contributed by atoms with Crippen molar-refractivity contribution in [3.05, 3.63) is 52.8 Å². The van der Waals surface area contributed by atoms with E-state index in [1.54, 1.807) is 18.2 Å². The van der Waals surface area contributed by atoms with Crippen LogP contribution in [0, 0.1) is 13.8 Å². The Bertz CT molecular complexity index is 576. The summed E-state index contributed by atoms with van der Waals surface area (Å²) in [4.78, 5) is 0. The first-order valence-electron chi connectivity index (χ1n) is 6.56. The van der Waals surface area contributed by atoms with Crippen LogP contribution in [0.3, 0.4) is 0 Å². The lowest BCUT2D eigenvalue weighted by atomic mass is 10.1. The van der Waals surface area contributed by atoms with Gasteiger partial charge < -0.3 is 5.32 Å². The summed E-state index contributed by atoms with van der Waals surface area (Å²) in [5.74, 6) is -2.93. The van der Waals surface area contributed by atoms with Crippen molar-refractivity contribution < 1.29 is 8.78 Å². The molecule has 0 spiro atoms. The Labute approximate surface area is 117 Å². The molecule has 1 N–H and O–H groups in total. The van der Waals surface area contributed by atoms with Gasteiger partial charge in [0.1, 0.15) is 6.54 Å². The van der Waals surface area contributed by atoms with Gasteiger partial charge in [-0.05, 0) is 20.9 Å². The normalized spacial score (nSPS) is 11.8. The minimum atomic E-state index is -2.93. The van der Waals surface area contributed by atoms with Crippen LogP contribution >= 0.6 is 0 Å². The molecular weight excluding hydrogens is 260 g/mol. The maximum atomic E-state index is 14.3. The summed E-state index contributed by atoms with van der Waals surface area (Å²) in [6.45, 7) is 3.87. The standard InChI is InChI=1S/C15H19F2N3/c1-11-14(9-18-3)12(2)20(19-11)10-15(16,17)13-7-5-4-6-8-13/h4-8,18H,9-10H2,1-3H3. The zero-order valence-corrected chi connectivity index (χ0v) is 12.0. The summed E-state index contributed by atoms with van der Waals surface area (Å²) in [6, 6.07) is 7.86. The summed E-state index contributed by atoms with van der Waals surface area (Å²) in [6.07, 6.45) is 0. The molecule has 0 amide bonds. The third-order valence-corrected chi connectivity index (χ3v) is 3.43. The van der Waals surface area contributed by atoms with Crippen LogP contribution in [0.1, 0.15) is 22.5 Å². The van der Waals surface area contributed by atoms with E-state index in [-0.39, 0.29) is 5.56 Å². The predicted molar refractivity (Wildman–Crippen MR) is 74.8 cm³/mol. The average Bonchev–Trinajstić information content (AvgIpc) is 2.67. The molecule has 0 unspecified atom stereocenters. The molecular formula is C15H19F2N3. The number of alkyl halides is 2. The zero-order chi connectivity index (χ0) is 14.8. The third-order valence-electron chi connectivity index (χ3n) is 3.43. The lowest BCUT2D eigenvalue weighted by molar-refractivity contribution is -0.0260. The van der Waals surface area contributed by atoms with E-state index >= 15 is 0 Å². The van der Waals surface area contributed by atoms with Crippen molar-refractivity contribution in [1.29, 1.82) is 0 Å². The van der Waals surface area contributed by atoms with Crippen LogP contribution < -0.4 is 5.32 Å². The summed E-state index contributed by atoms with van der Waals surface area (Å²) >= 11 is 0. The van der Waals surface area contributed by atoms with Crippen LogP contribution in [-0.2, 0) is 19.0 Å². The molecule has 108 valence electrons. The molecule has 2 rings (SSSR count). The minimum Gasteiger partial charge on any atom is -0.316 e. The lowest BCUT2D eigenvalue weighted by Gasteiger charge is -2.17. The Hall–Kier alpha value is -1.75. The van der Waals surface area contributed by atoms with Gasteiger partial charge in [-0.3, -0.25) is 4.68 Å². The van der Waals surface area contributed by atoms with Crippen LogP contribution in [0.2, 0.25) is 0 Å². The summed E-state index contributed by atoms with van der Waals surface area (Å²) in [5.41, 5.74) is 2.58. The number of aromatic nitrogens is 2. The second-order valence-electron chi connectivity index (χ2n) is 4.91. The number of hydrogen-bond donors (Lipinski definition) is 1. The molecule has 2 aromatic rings. The quantitative estimate of drug-likeness (QED) is 0.911. The summed E-state index contributed by atoms with van der Waals surface area (Å²) in [7, 11) is 1.83. The smallest absolute Gasteiger partial charge is 0.292 e. The number of rotatable bonds is 5. The molecule has 5 heteroatoms. The monoisotopic (exact) mass is 279 g/mol. The van der Waals surface area contributed by atoms with E-state index in [1.165, 1.54) is 16.8 Å². The Morgan fingerprint density at radius 1 is 1.20 bits per heavy atom. The summed E-state index contributed by atoms with van der Waals surface area (Å²) < 4.78 is 29.9. The highest BCUT2D eigenvalue weighted by molar-refractivity contribution is 5.25. The number of nitrogens with one attached hydrogen (secondary N) is 1. The Morgan fingerprint density at radius 2 is 1.85 bits per heavy atom. The molecule has 0 atom stereocenters. The van der Waals surface area contributed by atoms with Gasteiger partial charge in [0.05, 0.1) is 5.69 Å². The Kier molecular flexibility index (Phi) is 4.18.